The van der Waals surface area contributed by atoms with Gasteiger partial charge in [0.2, 0.25) is 0 Å². The number of aryl methyl sites for hydroxylation is 1. The molecule has 0 bridgehead atoms. The minimum absolute atomic E-state index is 0.117. The maximum Gasteiger partial charge on any atom is 0.174 e. The molecule has 0 amide bonds. The molecule has 0 unspecified atom stereocenters. The van der Waals surface area contributed by atoms with Crippen LogP contribution in [0.4, 0.5) is 5.69 Å². The fourth-order valence-corrected chi connectivity index (χ4v) is 5.83. The summed E-state index contributed by atoms with van der Waals surface area (Å²) >= 11 is 5.96. The number of thiocarbonyl (C=S) groups is 1. The first-order chi connectivity index (χ1) is 19.5. The van der Waals surface area contributed by atoms with E-state index in [0.29, 0.717) is 5.11 Å². The smallest absolute Gasteiger partial charge is 0.174 e. The van der Waals surface area contributed by atoms with Gasteiger partial charge in [-0.1, -0.05) is 30.3 Å². The summed E-state index contributed by atoms with van der Waals surface area (Å²) in [6.07, 6.45) is 1.83. The van der Waals surface area contributed by atoms with E-state index in [4.69, 9.17) is 26.7 Å². The average molecular weight is 547 g/mol. The van der Waals surface area contributed by atoms with Gasteiger partial charge in [-0.15, -0.1) is 0 Å². The van der Waals surface area contributed by atoms with Gasteiger partial charge in [-0.25, -0.2) is 0 Å². The third-order valence-electron chi connectivity index (χ3n) is 7.29. The highest BCUT2D eigenvalue weighted by atomic mass is 32.1. The van der Waals surface area contributed by atoms with Crippen molar-refractivity contribution in [1.29, 1.82) is 0 Å². The van der Waals surface area contributed by atoms with E-state index in [2.05, 4.69) is 65.0 Å². The number of nitrogens with one attached hydrogen (secondary N) is 1. The SMILES string of the molecule is COc1cccc(-n2c(C)cc([C@@H]3[C@@H](c4ccccn4)NC(=S)N3c3ccc(Oc4ccccc4)cc3)c2C)c1. The zero-order valence-corrected chi connectivity index (χ0v) is 23.4. The minimum Gasteiger partial charge on any atom is -0.497 e. The van der Waals surface area contributed by atoms with Crippen molar-refractivity contribution >= 4 is 23.0 Å². The Bertz CT molecular complexity index is 1630. The monoisotopic (exact) mass is 546 g/mol. The molecule has 1 aliphatic rings. The fourth-order valence-electron chi connectivity index (χ4n) is 5.48. The van der Waals surface area contributed by atoms with Crippen LogP contribution in [0.1, 0.15) is 34.7 Å². The zero-order chi connectivity index (χ0) is 27.6. The lowest BCUT2D eigenvalue weighted by atomic mass is 9.96. The van der Waals surface area contributed by atoms with Gasteiger partial charge in [-0.2, -0.15) is 0 Å². The Hall–Kier alpha value is -4.62. The highest BCUT2D eigenvalue weighted by Crippen LogP contribution is 2.44. The first kappa shape index (κ1) is 25.6. The minimum atomic E-state index is -0.131. The number of hydrogen-bond acceptors (Lipinski definition) is 4. The second-order valence-corrected chi connectivity index (χ2v) is 10.2. The van der Waals surface area contributed by atoms with Crippen LogP contribution in [0.15, 0.2) is 109 Å². The predicted molar refractivity (Wildman–Crippen MR) is 163 cm³/mol. The average Bonchev–Trinajstić information content (AvgIpc) is 3.49. The van der Waals surface area contributed by atoms with Crippen molar-refractivity contribution in [3.63, 3.8) is 0 Å². The van der Waals surface area contributed by atoms with Crippen LogP contribution in [-0.4, -0.2) is 21.8 Å². The van der Waals surface area contributed by atoms with Crippen LogP contribution in [0.5, 0.6) is 17.2 Å². The third kappa shape index (κ3) is 4.80. The fraction of sp³-hybridized carbons (Fsp3) is 0.152. The molecule has 5 aromatic rings. The van der Waals surface area contributed by atoms with Crippen LogP contribution in [-0.2, 0) is 0 Å². The molecule has 0 spiro atoms. The van der Waals surface area contributed by atoms with E-state index >= 15 is 0 Å². The van der Waals surface area contributed by atoms with Crippen LogP contribution in [0.3, 0.4) is 0 Å². The van der Waals surface area contributed by atoms with Crippen molar-refractivity contribution in [2.45, 2.75) is 25.9 Å². The molecule has 6 nitrogen and oxygen atoms in total. The summed E-state index contributed by atoms with van der Waals surface area (Å²) in [4.78, 5) is 6.90. The van der Waals surface area contributed by atoms with Gasteiger partial charge in [0.1, 0.15) is 17.2 Å². The first-order valence-corrected chi connectivity index (χ1v) is 13.6. The molecule has 2 atom stereocenters. The molecule has 0 radical (unpaired) electrons. The van der Waals surface area contributed by atoms with Crippen molar-refractivity contribution in [2.24, 2.45) is 0 Å². The van der Waals surface area contributed by atoms with E-state index < -0.39 is 0 Å². The maximum atomic E-state index is 6.04. The topological polar surface area (TPSA) is 51.5 Å². The number of para-hydroxylation sites is 1. The number of aromatic nitrogens is 2. The third-order valence-corrected chi connectivity index (χ3v) is 7.61. The van der Waals surface area contributed by atoms with Gasteiger partial charge >= 0.3 is 0 Å². The maximum absolute atomic E-state index is 6.04. The lowest BCUT2D eigenvalue weighted by molar-refractivity contribution is 0.414. The highest BCUT2D eigenvalue weighted by Gasteiger charge is 2.42. The van der Waals surface area contributed by atoms with Gasteiger partial charge < -0.3 is 24.3 Å². The zero-order valence-electron chi connectivity index (χ0n) is 22.6. The molecule has 40 heavy (non-hydrogen) atoms. The van der Waals surface area contributed by atoms with Gasteiger partial charge in [-0.3, -0.25) is 4.98 Å². The predicted octanol–water partition coefficient (Wildman–Crippen LogP) is 7.47. The summed E-state index contributed by atoms with van der Waals surface area (Å²) < 4.78 is 13.8. The Morgan fingerprint density at radius 3 is 2.23 bits per heavy atom. The standard InChI is InChI=1S/C33H30N4O2S/c1-22-20-29(23(2)36(22)25-10-9-13-28(21-25)38-3)32-31(30-14-7-8-19-34-30)35-33(40)37(32)24-15-17-27(18-16-24)39-26-11-5-4-6-12-26/h4-21,31-32H,1-3H3,(H,35,40)/t31-,32-/m1/s1. The van der Waals surface area contributed by atoms with Crippen LogP contribution in [0.2, 0.25) is 0 Å². The van der Waals surface area contributed by atoms with Crippen molar-refractivity contribution in [3.05, 3.63) is 132 Å². The van der Waals surface area contributed by atoms with Gasteiger partial charge in [0.25, 0.3) is 0 Å². The molecule has 6 rings (SSSR count). The molecule has 0 aliphatic carbocycles. The molecule has 200 valence electrons. The number of anilines is 1. The molecule has 3 heterocycles. The van der Waals surface area contributed by atoms with Crippen LogP contribution in [0, 0.1) is 13.8 Å². The van der Waals surface area contributed by atoms with E-state index in [1.165, 1.54) is 5.56 Å². The molecular formula is C33H30N4O2S. The number of benzene rings is 3. The lowest BCUT2D eigenvalue weighted by Crippen LogP contribution is -2.29. The lowest BCUT2D eigenvalue weighted by Gasteiger charge is -2.28. The van der Waals surface area contributed by atoms with Crippen LogP contribution >= 0.6 is 12.2 Å². The largest absolute Gasteiger partial charge is 0.497 e. The molecule has 1 N–H and O–H groups in total. The van der Waals surface area contributed by atoms with Gasteiger partial charge in [-0.05, 0) is 98.4 Å². The van der Waals surface area contributed by atoms with Crippen molar-refractivity contribution in [1.82, 2.24) is 14.9 Å². The van der Waals surface area contributed by atoms with Crippen LogP contribution in [0.25, 0.3) is 5.69 Å². The second kappa shape index (κ2) is 10.9. The Balaban J connectivity index is 1.42. The molecule has 0 saturated carbocycles. The van der Waals surface area contributed by atoms with Crippen molar-refractivity contribution < 1.29 is 9.47 Å². The van der Waals surface area contributed by atoms with E-state index in [1.807, 2.05) is 72.9 Å². The summed E-state index contributed by atoms with van der Waals surface area (Å²) in [5.41, 5.74) is 6.41. The molecule has 1 fully saturated rings. The summed E-state index contributed by atoms with van der Waals surface area (Å²) in [5.74, 6) is 2.38. The van der Waals surface area contributed by atoms with Crippen molar-refractivity contribution in [3.8, 4) is 22.9 Å². The normalized spacial score (nSPS) is 16.6. The summed E-state index contributed by atoms with van der Waals surface area (Å²) in [6.45, 7) is 4.29. The number of nitrogens with zero attached hydrogens (tertiary/aromatic N) is 3. The number of methoxy groups -OCH3 is 1. The Morgan fingerprint density at radius 1 is 0.775 bits per heavy atom. The molecule has 3 aromatic carbocycles. The van der Waals surface area contributed by atoms with Gasteiger partial charge in [0, 0.05) is 35.0 Å². The number of ether oxygens (including phenoxy) is 2. The van der Waals surface area contributed by atoms with Crippen molar-refractivity contribution in [2.75, 3.05) is 12.0 Å². The van der Waals surface area contributed by atoms with E-state index in [-0.39, 0.29) is 12.1 Å². The quantitative estimate of drug-likeness (QED) is 0.214. The Kier molecular flexibility index (Phi) is 6.97. The molecule has 7 heteroatoms. The number of pyridine rings is 1. The first-order valence-electron chi connectivity index (χ1n) is 13.2. The van der Waals surface area contributed by atoms with E-state index in [1.54, 1.807) is 7.11 Å². The number of hydrogen-bond donors (Lipinski definition) is 1. The van der Waals surface area contributed by atoms with E-state index in [0.717, 1.165) is 45.7 Å². The van der Waals surface area contributed by atoms with Gasteiger partial charge in [0.05, 0.1) is 24.9 Å². The Labute approximate surface area is 239 Å². The summed E-state index contributed by atoms with van der Waals surface area (Å²) in [7, 11) is 1.69. The summed E-state index contributed by atoms with van der Waals surface area (Å²) in [6, 6.07) is 34.0. The van der Waals surface area contributed by atoms with Gasteiger partial charge in [0.15, 0.2) is 5.11 Å². The number of rotatable bonds is 7. The molecule has 2 aromatic heterocycles. The van der Waals surface area contributed by atoms with Crippen LogP contribution < -0.4 is 19.7 Å². The summed E-state index contributed by atoms with van der Waals surface area (Å²) in [5, 5.41) is 4.23. The van der Waals surface area contributed by atoms with E-state index in [9.17, 15) is 0 Å². The highest BCUT2D eigenvalue weighted by molar-refractivity contribution is 7.80. The molecule has 1 saturated heterocycles. The molecular weight excluding hydrogens is 516 g/mol. The molecule has 1 aliphatic heterocycles. The Morgan fingerprint density at radius 2 is 1.50 bits per heavy atom. The second-order valence-electron chi connectivity index (χ2n) is 9.77.